The molecule has 11 unspecified atom stereocenters. The molecular formula is C79H126N15O18SY-. The normalized spacial score (nSPS) is 15.2. The number of methoxy groups -OCH3 is 2. The Morgan fingerprint density at radius 1 is 0.702 bits per heavy atom. The number of carbonyl (C=O) groups is 10. The van der Waals surface area contributed by atoms with Gasteiger partial charge in [-0.1, -0.05) is 116 Å². The van der Waals surface area contributed by atoms with Crippen LogP contribution in [0.15, 0.2) is 72.4 Å². The van der Waals surface area contributed by atoms with Crippen molar-refractivity contribution in [1.82, 2.24) is 61.3 Å². The second-order valence-electron chi connectivity index (χ2n) is 29.2. The fourth-order valence-corrected chi connectivity index (χ4v) is 13.6. The summed E-state index contributed by atoms with van der Waals surface area (Å²) in [4.78, 5) is 137. The van der Waals surface area contributed by atoms with Gasteiger partial charge >= 0.3 is 12.1 Å². The molecule has 1 aliphatic heterocycles. The van der Waals surface area contributed by atoms with E-state index in [1.54, 1.807) is 65.3 Å². The number of amides is 11. The van der Waals surface area contributed by atoms with Gasteiger partial charge in [-0.25, -0.2) is 19.3 Å². The summed E-state index contributed by atoms with van der Waals surface area (Å²) in [6.45, 7) is 25.0. The second-order valence-corrected chi connectivity index (χ2v) is 30.1. The fraction of sp³-hybridized carbons (Fsp3) is 0.658. The number of rotatable bonds is 52. The van der Waals surface area contributed by atoms with Crippen LogP contribution in [-0.2, 0) is 135 Å². The number of likely N-dealkylation sites (N-methyl/N-ethyl adjacent to an activating group) is 2. The molecule has 2 aromatic heterocycles. The molecule has 5 rings (SSSR count). The molecule has 2 aromatic carbocycles. The van der Waals surface area contributed by atoms with Crippen molar-refractivity contribution in [2.24, 2.45) is 35.3 Å². The van der Waals surface area contributed by atoms with Crippen LogP contribution in [0.25, 0.3) is 5.73 Å². The summed E-state index contributed by atoms with van der Waals surface area (Å²) in [5.74, 6) is -4.12. The van der Waals surface area contributed by atoms with Gasteiger partial charge in [0.15, 0.2) is 0 Å². The van der Waals surface area contributed by atoms with Gasteiger partial charge in [0.05, 0.1) is 127 Å². The minimum absolute atomic E-state index is 0. The van der Waals surface area contributed by atoms with Crippen LogP contribution < -0.4 is 37.6 Å². The van der Waals surface area contributed by atoms with Crippen molar-refractivity contribution in [3.05, 3.63) is 99.9 Å². The van der Waals surface area contributed by atoms with E-state index in [1.807, 2.05) is 105 Å². The number of ether oxygens (including phenoxy) is 8. The summed E-state index contributed by atoms with van der Waals surface area (Å²) >= 11 is 1.49. The summed E-state index contributed by atoms with van der Waals surface area (Å²) in [6.07, 6.45) is 5.57. The van der Waals surface area contributed by atoms with Gasteiger partial charge in [0.25, 0.3) is 0 Å². The van der Waals surface area contributed by atoms with E-state index in [4.69, 9.17) is 49.4 Å². The van der Waals surface area contributed by atoms with Gasteiger partial charge in [0.2, 0.25) is 41.4 Å². The maximum Gasteiger partial charge on any atom is 0.410 e. The number of aromatic nitrogens is 4. The first-order chi connectivity index (χ1) is 53.9. The molecule has 9 N–H and O–H groups in total. The molecule has 0 aliphatic carbocycles. The number of nitrogens with two attached hydrogens (primary N) is 1. The van der Waals surface area contributed by atoms with Crippen LogP contribution >= 0.6 is 11.3 Å². The third-order valence-electron chi connectivity index (χ3n) is 19.2. The minimum atomic E-state index is -0.971. The molecule has 35 heteroatoms. The predicted octanol–water partition coefficient (Wildman–Crippen LogP) is 7.17. The van der Waals surface area contributed by atoms with E-state index in [-0.39, 0.29) is 156 Å². The number of carbonyl (C=O) groups excluding carboxylic acids is 10. The zero-order valence-electron chi connectivity index (χ0n) is 69.3. The molecule has 114 heavy (non-hydrogen) atoms. The molecule has 33 nitrogen and oxygen atoms in total. The molecular weight excluding hydrogens is 1570 g/mol. The van der Waals surface area contributed by atoms with E-state index in [0.29, 0.717) is 115 Å². The van der Waals surface area contributed by atoms with E-state index >= 15 is 0 Å². The van der Waals surface area contributed by atoms with E-state index < -0.39 is 66.2 Å². The average molecular weight is 1690 g/mol. The van der Waals surface area contributed by atoms with Crippen LogP contribution in [0.4, 0.5) is 15.3 Å². The van der Waals surface area contributed by atoms with Gasteiger partial charge in [-0.3, -0.25) is 38.5 Å². The number of likely N-dealkylation sites (tertiary alicyclic amines) is 1. The molecule has 1 aliphatic rings. The fourth-order valence-electron chi connectivity index (χ4n) is 13.0. The number of primary amides is 1. The zero-order valence-corrected chi connectivity index (χ0v) is 73.0. The van der Waals surface area contributed by atoms with Gasteiger partial charge < -0.3 is 95.9 Å². The number of nitrogens with zero attached hydrogens (tertiary/aromatic N) is 7. The van der Waals surface area contributed by atoms with Crippen molar-refractivity contribution in [1.29, 1.82) is 0 Å². The number of thiazole rings is 1. The van der Waals surface area contributed by atoms with Crippen LogP contribution in [-0.4, -0.2) is 243 Å². The largest absolute Gasteiger partial charge is 0.668 e. The second kappa shape index (κ2) is 55.0. The van der Waals surface area contributed by atoms with Gasteiger partial charge in [-0.15, -0.1) is 16.4 Å². The number of benzene rings is 2. The van der Waals surface area contributed by atoms with Crippen molar-refractivity contribution in [3.8, 4) is 0 Å². The molecule has 11 atom stereocenters. The Bertz CT molecular complexity index is 3490. The first-order valence-electron chi connectivity index (χ1n) is 39.0. The number of nitrogens with one attached hydrogen (secondary N) is 7. The third-order valence-corrected chi connectivity index (χ3v) is 20.1. The first kappa shape index (κ1) is 101. The summed E-state index contributed by atoms with van der Waals surface area (Å²) < 4.78 is 46.4. The molecule has 11 amide bonds. The Morgan fingerprint density at radius 3 is 1.90 bits per heavy atom. The van der Waals surface area contributed by atoms with Crippen LogP contribution in [0, 0.1) is 29.6 Å². The molecule has 3 heterocycles. The Labute approximate surface area is 701 Å². The first-order valence-corrected chi connectivity index (χ1v) is 39.9. The minimum Gasteiger partial charge on any atom is -0.668 e. The van der Waals surface area contributed by atoms with Crippen molar-refractivity contribution < 1.29 is 119 Å². The van der Waals surface area contributed by atoms with E-state index in [2.05, 4.69) is 47.2 Å². The zero-order chi connectivity index (χ0) is 83.5. The predicted molar refractivity (Wildman–Crippen MR) is 426 cm³/mol. The van der Waals surface area contributed by atoms with Crippen LogP contribution in [0.5, 0.6) is 0 Å². The SMILES string of the molecule is CC(CCCNC(N)=O)NC(=O)C(NC(=O)CCOCc1cn(CCOCCOCCOCCOCCC([NH-])=O)nn1)C(C)C.CCC(C)C(C(CC(=O)N1CCCC1C(OC)C(C)C(=O)NC(Cc1ccccc1)c1nccs1)OC)N(C)C(=O)C(NC(=O)C(C(C)C)N(C)C(=O)OCc1ccc(NC(C)=O)cc1)C(C)C.[Y]. The summed E-state index contributed by atoms with van der Waals surface area (Å²) in [5.41, 5.74) is 14.8. The molecule has 1 fully saturated rings. The summed E-state index contributed by atoms with van der Waals surface area (Å²) in [7, 11) is 6.28. The molecule has 4 aromatic rings. The average Bonchev–Trinajstić information content (AvgIpc) is 0.943. The van der Waals surface area contributed by atoms with Gasteiger partial charge in [0.1, 0.15) is 35.4 Å². The van der Waals surface area contributed by atoms with Crippen molar-refractivity contribution in [3.63, 3.8) is 0 Å². The Balaban J connectivity index is 0.000000637. The van der Waals surface area contributed by atoms with Crippen molar-refractivity contribution in [2.45, 2.75) is 208 Å². The van der Waals surface area contributed by atoms with Crippen LogP contribution in [0.3, 0.4) is 0 Å². The monoisotopic (exact) mass is 1690 g/mol. The number of urea groups is 1. The molecule has 635 valence electrons. The topological polar surface area (TPSA) is 420 Å². The summed E-state index contributed by atoms with van der Waals surface area (Å²) in [5, 5.41) is 27.9. The van der Waals surface area contributed by atoms with Gasteiger partial charge in [-0.2, -0.15) is 0 Å². The molecule has 0 spiro atoms. The van der Waals surface area contributed by atoms with Gasteiger partial charge in [0, 0.05) is 117 Å². The van der Waals surface area contributed by atoms with Crippen molar-refractivity contribution >= 4 is 76.4 Å². The van der Waals surface area contributed by atoms with Crippen LogP contribution in [0.1, 0.15) is 155 Å². The molecule has 0 saturated carbocycles. The van der Waals surface area contributed by atoms with E-state index in [1.165, 1.54) is 37.3 Å². The van der Waals surface area contributed by atoms with Crippen molar-refractivity contribution in [2.75, 3.05) is 106 Å². The number of hydrogen-bond donors (Lipinski definition) is 7. The Morgan fingerprint density at radius 2 is 1.33 bits per heavy atom. The third kappa shape index (κ3) is 36.7. The Kier molecular flexibility index (Phi) is 48.5. The molecule has 1 saturated heterocycles. The van der Waals surface area contributed by atoms with Gasteiger partial charge in [-0.05, 0) is 86.0 Å². The van der Waals surface area contributed by atoms with Crippen LogP contribution in [0.2, 0.25) is 0 Å². The maximum atomic E-state index is 14.6. The number of hydrogen-bond acceptors (Lipinski definition) is 22. The van der Waals surface area contributed by atoms with E-state index in [0.717, 1.165) is 17.0 Å². The maximum absolute atomic E-state index is 14.6. The Hall–Kier alpha value is -7.67. The number of anilines is 1. The van der Waals surface area contributed by atoms with E-state index in [9.17, 15) is 47.9 Å². The molecule has 0 bridgehead atoms. The standard InChI is InChI=1S/C51H75N7O9S.C28H52N8O9.Y/c1-13-33(6)45(56(9)50(63)43(31(2)3)55-48(62)44(32(4)5)57(10)51(64)67-30-37-21-23-38(24-22-37)53-35(8)59)41(65-11)29-42(60)58-26-17-20-40(58)46(66-12)34(7)47(61)54-39(49-52-25-27-68-49)28-36-18-15-14-16-19-36;1-21(2)26(27(39)32-22(3)5-4-8-31-28(30)40)33-25(38)7-11-45-20-23-19-36(35-34-23)9-12-42-14-16-44-18-17-43-15-13-41-10-6-24(29)37;/h14-16,18-19,21-25,27,31-34,39-41,43-46H,13,17,20,26,28-30H2,1-12H3,(H,53,59)(H,54,61)(H,55,62);19,21-22,26H,4-18,20H2,1-3H3,(H7,29,30,31,32,33,37,38,39,40);/p-1. The smallest absolute Gasteiger partial charge is 0.410 e. The summed E-state index contributed by atoms with van der Waals surface area (Å²) in [6, 6.07) is 12.2. The quantitative estimate of drug-likeness (QED) is 0.0215. The molecule has 1 radical (unpaired) electrons.